The van der Waals surface area contributed by atoms with E-state index in [-0.39, 0.29) is 0 Å². The minimum absolute atomic E-state index is 0.672. The lowest BCUT2D eigenvalue weighted by molar-refractivity contribution is 0.841. The van der Waals surface area contributed by atoms with Crippen molar-refractivity contribution in [2.24, 2.45) is 5.41 Å². The summed E-state index contributed by atoms with van der Waals surface area (Å²) in [5, 5.41) is 8.06. The minimum Gasteiger partial charge on any atom is -0.398 e. The predicted molar refractivity (Wildman–Crippen MR) is 59.5 cm³/mol. The summed E-state index contributed by atoms with van der Waals surface area (Å²) in [5.74, 6) is 0.733. The van der Waals surface area contributed by atoms with Gasteiger partial charge in [-0.2, -0.15) is 5.10 Å². The Morgan fingerprint density at radius 1 is 1.40 bits per heavy atom. The van der Waals surface area contributed by atoms with Gasteiger partial charge in [-0.25, -0.2) is 0 Å². The molecule has 2 fully saturated rings. The molecule has 1 spiro atoms. The standard InChI is InChI=1S/C12H13N3/c13-11-7(9-5-12(9)3-4-12)1-2-10-8(11)6-14-15-10/h1-2,6,9H,3-5,13H2,(H,14,15). The molecule has 3 heteroatoms. The molecule has 76 valence electrons. The first kappa shape index (κ1) is 7.74. The molecule has 0 amide bonds. The van der Waals surface area contributed by atoms with Crippen LogP contribution in [0.15, 0.2) is 18.3 Å². The Kier molecular flexibility index (Phi) is 1.13. The number of hydrogen-bond acceptors (Lipinski definition) is 2. The lowest BCUT2D eigenvalue weighted by atomic mass is 10.0. The number of rotatable bonds is 1. The fourth-order valence-electron chi connectivity index (χ4n) is 2.86. The van der Waals surface area contributed by atoms with Crippen molar-refractivity contribution in [3.8, 4) is 0 Å². The summed E-state index contributed by atoms with van der Waals surface area (Å²) in [6.07, 6.45) is 5.98. The number of fused-ring (bicyclic) bond motifs is 1. The molecule has 1 aromatic carbocycles. The van der Waals surface area contributed by atoms with Gasteiger partial charge in [-0.05, 0) is 42.2 Å². The summed E-state index contributed by atoms with van der Waals surface area (Å²) < 4.78 is 0. The van der Waals surface area contributed by atoms with Crippen molar-refractivity contribution in [3.05, 3.63) is 23.9 Å². The normalized spacial score (nSPS) is 26.0. The van der Waals surface area contributed by atoms with E-state index in [1.165, 1.54) is 24.8 Å². The molecule has 1 aromatic heterocycles. The van der Waals surface area contributed by atoms with Gasteiger partial charge in [0.15, 0.2) is 0 Å². The van der Waals surface area contributed by atoms with Crippen molar-refractivity contribution in [1.82, 2.24) is 10.2 Å². The molecule has 0 aliphatic heterocycles. The molecule has 0 saturated heterocycles. The molecule has 1 atom stereocenters. The number of anilines is 1. The van der Waals surface area contributed by atoms with Crippen LogP contribution in [-0.2, 0) is 0 Å². The second-order valence-corrected chi connectivity index (χ2v) is 5.02. The maximum absolute atomic E-state index is 6.19. The van der Waals surface area contributed by atoms with Crippen LogP contribution in [0.5, 0.6) is 0 Å². The number of benzene rings is 1. The summed E-state index contributed by atoms with van der Waals surface area (Å²) in [7, 11) is 0. The summed E-state index contributed by atoms with van der Waals surface area (Å²) in [6.45, 7) is 0. The van der Waals surface area contributed by atoms with Crippen LogP contribution in [0.4, 0.5) is 5.69 Å². The average molecular weight is 199 g/mol. The van der Waals surface area contributed by atoms with Crippen molar-refractivity contribution in [1.29, 1.82) is 0 Å². The number of aromatic amines is 1. The van der Waals surface area contributed by atoms with Gasteiger partial charge in [0.2, 0.25) is 0 Å². The van der Waals surface area contributed by atoms with Crippen molar-refractivity contribution in [3.63, 3.8) is 0 Å². The van der Waals surface area contributed by atoms with Gasteiger partial charge in [0.25, 0.3) is 0 Å². The maximum atomic E-state index is 6.19. The van der Waals surface area contributed by atoms with E-state index in [1.54, 1.807) is 0 Å². The van der Waals surface area contributed by atoms with Crippen LogP contribution in [0.1, 0.15) is 30.7 Å². The van der Waals surface area contributed by atoms with E-state index in [2.05, 4.69) is 22.3 Å². The van der Waals surface area contributed by atoms with Gasteiger partial charge < -0.3 is 5.73 Å². The minimum atomic E-state index is 0.672. The van der Waals surface area contributed by atoms with E-state index in [9.17, 15) is 0 Å². The Labute approximate surface area is 87.7 Å². The van der Waals surface area contributed by atoms with Gasteiger partial charge in [0, 0.05) is 11.1 Å². The monoisotopic (exact) mass is 199 g/mol. The second-order valence-electron chi connectivity index (χ2n) is 5.02. The molecular weight excluding hydrogens is 186 g/mol. The fraction of sp³-hybridized carbons (Fsp3) is 0.417. The molecule has 1 heterocycles. The van der Waals surface area contributed by atoms with Gasteiger partial charge in [-0.15, -0.1) is 0 Å². The van der Waals surface area contributed by atoms with Crippen LogP contribution < -0.4 is 5.73 Å². The summed E-state index contributed by atoms with van der Waals surface area (Å²) >= 11 is 0. The highest BCUT2D eigenvalue weighted by Gasteiger charge is 2.63. The Morgan fingerprint density at radius 3 is 3.00 bits per heavy atom. The summed E-state index contributed by atoms with van der Waals surface area (Å²) in [5.41, 5.74) is 10.2. The topological polar surface area (TPSA) is 54.7 Å². The van der Waals surface area contributed by atoms with Crippen LogP contribution >= 0.6 is 0 Å². The molecule has 0 bridgehead atoms. The largest absolute Gasteiger partial charge is 0.398 e. The van der Waals surface area contributed by atoms with Crippen molar-refractivity contribution in [2.75, 3.05) is 5.73 Å². The molecule has 3 N–H and O–H groups in total. The number of nitrogen functional groups attached to an aromatic ring is 1. The summed E-state index contributed by atoms with van der Waals surface area (Å²) in [4.78, 5) is 0. The molecule has 15 heavy (non-hydrogen) atoms. The summed E-state index contributed by atoms with van der Waals surface area (Å²) in [6, 6.07) is 4.27. The van der Waals surface area contributed by atoms with Crippen molar-refractivity contribution >= 4 is 16.6 Å². The molecule has 2 aliphatic rings. The number of H-pyrrole nitrogens is 1. The van der Waals surface area contributed by atoms with Crippen LogP contribution in [-0.4, -0.2) is 10.2 Å². The number of nitrogens with two attached hydrogens (primary N) is 1. The SMILES string of the molecule is Nc1c(C2CC23CC3)ccc2[nH]ncc12. The van der Waals surface area contributed by atoms with E-state index in [0.717, 1.165) is 22.5 Å². The van der Waals surface area contributed by atoms with E-state index in [0.29, 0.717) is 5.41 Å². The van der Waals surface area contributed by atoms with Crippen LogP contribution in [0.25, 0.3) is 10.9 Å². The third-order valence-corrected chi connectivity index (χ3v) is 4.16. The molecule has 2 aliphatic carbocycles. The molecule has 2 aromatic rings. The van der Waals surface area contributed by atoms with Crippen LogP contribution in [0.3, 0.4) is 0 Å². The van der Waals surface area contributed by atoms with E-state index in [4.69, 9.17) is 5.73 Å². The maximum Gasteiger partial charge on any atom is 0.0671 e. The Bertz CT molecular complexity index is 551. The first-order valence-corrected chi connectivity index (χ1v) is 5.52. The number of aromatic nitrogens is 2. The molecule has 0 radical (unpaired) electrons. The quantitative estimate of drug-likeness (QED) is 0.693. The Morgan fingerprint density at radius 2 is 2.27 bits per heavy atom. The van der Waals surface area contributed by atoms with Crippen molar-refractivity contribution < 1.29 is 0 Å². The zero-order chi connectivity index (χ0) is 10.0. The Balaban J connectivity index is 1.90. The van der Waals surface area contributed by atoms with Crippen LogP contribution in [0.2, 0.25) is 0 Å². The zero-order valence-electron chi connectivity index (χ0n) is 8.46. The third kappa shape index (κ3) is 0.881. The highest BCUT2D eigenvalue weighted by molar-refractivity contribution is 5.92. The highest BCUT2D eigenvalue weighted by Crippen LogP contribution is 2.75. The lowest BCUT2D eigenvalue weighted by Crippen LogP contribution is -1.94. The first-order chi connectivity index (χ1) is 7.30. The lowest BCUT2D eigenvalue weighted by Gasteiger charge is -2.05. The molecule has 1 unspecified atom stereocenters. The number of nitrogens with zero attached hydrogens (tertiary/aromatic N) is 1. The Hall–Kier alpha value is -1.51. The van der Waals surface area contributed by atoms with E-state index >= 15 is 0 Å². The molecule has 3 nitrogen and oxygen atoms in total. The number of hydrogen-bond donors (Lipinski definition) is 2. The molecule has 4 rings (SSSR count). The zero-order valence-corrected chi connectivity index (χ0v) is 8.46. The third-order valence-electron chi connectivity index (χ3n) is 4.16. The van der Waals surface area contributed by atoms with E-state index < -0.39 is 0 Å². The molecular formula is C12H13N3. The first-order valence-electron chi connectivity index (χ1n) is 5.52. The predicted octanol–water partition coefficient (Wildman–Crippen LogP) is 2.41. The van der Waals surface area contributed by atoms with Gasteiger partial charge in [-0.3, -0.25) is 5.10 Å². The van der Waals surface area contributed by atoms with Gasteiger partial charge >= 0.3 is 0 Å². The smallest absolute Gasteiger partial charge is 0.0671 e. The van der Waals surface area contributed by atoms with Gasteiger partial charge in [0.1, 0.15) is 0 Å². The van der Waals surface area contributed by atoms with Crippen LogP contribution in [0, 0.1) is 5.41 Å². The second kappa shape index (κ2) is 2.18. The van der Waals surface area contributed by atoms with Gasteiger partial charge in [-0.1, -0.05) is 6.07 Å². The fourth-order valence-corrected chi connectivity index (χ4v) is 2.86. The van der Waals surface area contributed by atoms with Gasteiger partial charge in [0.05, 0.1) is 11.7 Å². The molecule has 2 saturated carbocycles. The van der Waals surface area contributed by atoms with E-state index in [1.807, 2.05) is 6.20 Å². The number of nitrogens with one attached hydrogen (secondary N) is 1. The highest BCUT2D eigenvalue weighted by atomic mass is 15.1. The average Bonchev–Trinajstić information content (AvgIpc) is 3.10. The van der Waals surface area contributed by atoms with Crippen molar-refractivity contribution in [2.45, 2.75) is 25.2 Å².